The van der Waals surface area contributed by atoms with E-state index in [1.54, 1.807) is 12.1 Å². The molecular formula is C36H35NO7S. The van der Waals surface area contributed by atoms with Crippen LogP contribution < -0.4 is 5.32 Å². The summed E-state index contributed by atoms with van der Waals surface area (Å²) in [4.78, 5) is 24.4. The number of carbonyl (C=O) groups is 2. The summed E-state index contributed by atoms with van der Waals surface area (Å²) in [6.07, 6.45) is 0.474. The van der Waals surface area contributed by atoms with Gasteiger partial charge in [0.1, 0.15) is 6.61 Å². The van der Waals surface area contributed by atoms with Crippen molar-refractivity contribution in [3.05, 3.63) is 138 Å². The minimum Gasteiger partial charge on any atom is -0.478 e. The van der Waals surface area contributed by atoms with Crippen molar-refractivity contribution in [2.45, 2.75) is 43.0 Å². The molecule has 1 aliphatic heterocycles. The monoisotopic (exact) mass is 625 g/mol. The van der Waals surface area contributed by atoms with E-state index in [-0.39, 0.29) is 31.0 Å². The maximum absolute atomic E-state index is 12.0. The third-order valence-corrected chi connectivity index (χ3v) is 8.63. The number of carbonyl (C=O) groups excluding carboxylic acids is 1. The molecule has 1 aliphatic rings. The molecule has 4 aromatic carbocycles. The van der Waals surface area contributed by atoms with Crippen molar-refractivity contribution in [1.29, 1.82) is 0 Å². The summed E-state index contributed by atoms with van der Waals surface area (Å²) in [5.74, 6) is -0.418. The molecule has 8 nitrogen and oxygen atoms in total. The zero-order valence-corrected chi connectivity index (χ0v) is 25.5. The average molecular weight is 626 g/mol. The van der Waals surface area contributed by atoms with Crippen molar-refractivity contribution < 1.29 is 34.0 Å². The lowest BCUT2D eigenvalue weighted by Crippen LogP contribution is -2.31. The van der Waals surface area contributed by atoms with E-state index in [1.165, 1.54) is 17.8 Å². The summed E-state index contributed by atoms with van der Waals surface area (Å²) < 4.78 is 18.0. The van der Waals surface area contributed by atoms with Crippen LogP contribution in [0.1, 0.15) is 51.4 Å². The van der Waals surface area contributed by atoms with Crippen molar-refractivity contribution >= 4 is 23.8 Å². The summed E-state index contributed by atoms with van der Waals surface area (Å²) in [6, 6.07) is 30.5. The average Bonchev–Trinajstić information content (AvgIpc) is 3.09. The van der Waals surface area contributed by atoms with E-state index in [9.17, 15) is 19.8 Å². The zero-order valence-electron chi connectivity index (χ0n) is 24.6. The molecule has 0 spiro atoms. The zero-order chi connectivity index (χ0) is 31.6. The number of hydrogen-bond acceptors (Lipinski definition) is 7. The third-order valence-electron chi connectivity index (χ3n) is 7.42. The van der Waals surface area contributed by atoms with E-state index in [0.29, 0.717) is 23.6 Å². The van der Waals surface area contributed by atoms with E-state index in [1.807, 2.05) is 84.9 Å². The molecule has 0 radical (unpaired) electrons. The van der Waals surface area contributed by atoms with Crippen LogP contribution in [0.3, 0.4) is 0 Å². The smallest absolute Gasteiger partial charge is 0.407 e. The highest BCUT2D eigenvalue weighted by Crippen LogP contribution is 2.40. The molecule has 0 bridgehead atoms. The first-order valence-corrected chi connectivity index (χ1v) is 15.6. The Kier molecular flexibility index (Phi) is 11.1. The van der Waals surface area contributed by atoms with Gasteiger partial charge in [0, 0.05) is 29.2 Å². The number of nitrogens with one attached hydrogen (secondary N) is 1. The number of aromatic carboxylic acids is 1. The van der Waals surface area contributed by atoms with Gasteiger partial charge >= 0.3 is 12.1 Å². The Balaban J connectivity index is 1.34. The van der Waals surface area contributed by atoms with Gasteiger partial charge in [-0.25, -0.2) is 9.59 Å². The number of aliphatic hydroxyl groups is 1. The number of aliphatic hydroxyl groups excluding tert-OH is 1. The summed E-state index contributed by atoms with van der Waals surface area (Å²) in [5, 5.41) is 21.9. The molecule has 4 aromatic rings. The van der Waals surface area contributed by atoms with Gasteiger partial charge in [-0.05, 0) is 39.9 Å². The minimum atomic E-state index is -0.962. The number of carboxylic acids is 1. The summed E-state index contributed by atoms with van der Waals surface area (Å²) in [6.45, 7) is 3.97. The highest BCUT2D eigenvalue weighted by atomic mass is 32.2. The molecule has 0 saturated carbocycles. The Morgan fingerprint density at radius 3 is 2.38 bits per heavy atom. The largest absolute Gasteiger partial charge is 0.478 e. The molecule has 1 fully saturated rings. The fraction of sp³-hybridized carbons (Fsp3) is 0.222. The maximum Gasteiger partial charge on any atom is 0.407 e. The fourth-order valence-electron chi connectivity index (χ4n) is 5.10. The quantitative estimate of drug-likeness (QED) is 0.111. The number of benzene rings is 4. The molecule has 232 valence electrons. The first-order chi connectivity index (χ1) is 21.9. The van der Waals surface area contributed by atoms with Crippen molar-refractivity contribution in [3.8, 4) is 11.1 Å². The van der Waals surface area contributed by atoms with Crippen LogP contribution in [0.5, 0.6) is 0 Å². The van der Waals surface area contributed by atoms with Crippen LogP contribution >= 0.6 is 11.8 Å². The molecule has 3 N–H and O–H groups in total. The molecule has 0 aliphatic carbocycles. The van der Waals surface area contributed by atoms with Crippen LogP contribution in [-0.2, 0) is 27.4 Å². The summed E-state index contributed by atoms with van der Waals surface area (Å²) in [5.41, 5.74) is 5.80. The number of alkyl carbamates (subject to hydrolysis) is 1. The van der Waals surface area contributed by atoms with Crippen LogP contribution in [0.2, 0.25) is 0 Å². The Morgan fingerprint density at radius 2 is 1.64 bits per heavy atom. The second-order valence-corrected chi connectivity index (χ2v) is 11.5. The predicted molar refractivity (Wildman–Crippen MR) is 173 cm³/mol. The molecule has 45 heavy (non-hydrogen) atoms. The van der Waals surface area contributed by atoms with Gasteiger partial charge in [-0.1, -0.05) is 97.6 Å². The maximum atomic E-state index is 12.0. The van der Waals surface area contributed by atoms with Gasteiger partial charge in [0.15, 0.2) is 6.29 Å². The Bertz CT molecular complexity index is 1610. The topological polar surface area (TPSA) is 114 Å². The predicted octanol–water partition coefficient (Wildman–Crippen LogP) is 7.29. The Labute approximate surface area is 266 Å². The highest BCUT2D eigenvalue weighted by molar-refractivity contribution is 7.99. The SMILES string of the molecule is C=CCOC(=O)NCc1ccccc1-c1ccc([C@H]2O[C@@H](CSc3ccccc3C(=O)O)C[C@@H](c3ccc(CO)cc3)O2)cc1. The van der Waals surface area contributed by atoms with Crippen LogP contribution in [0, 0.1) is 0 Å². The van der Waals surface area contributed by atoms with E-state index >= 15 is 0 Å². The van der Waals surface area contributed by atoms with Gasteiger partial charge in [0.2, 0.25) is 0 Å². The second kappa shape index (κ2) is 15.5. The lowest BCUT2D eigenvalue weighted by Gasteiger charge is -2.36. The van der Waals surface area contributed by atoms with Gasteiger partial charge < -0.3 is 29.7 Å². The normalized spacial score (nSPS) is 17.8. The van der Waals surface area contributed by atoms with E-state index in [0.717, 1.165) is 33.4 Å². The van der Waals surface area contributed by atoms with Crippen LogP contribution in [0.25, 0.3) is 11.1 Å². The molecule has 0 aromatic heterocycles. The Morgan fingerprint density at radius 1 is 0.933 bits per heavy atom. The third kappa shape index (κ3) is 8.40. The van der Waals surface area contributed by atoms with Crippen molar-refractivity contribution in [1.82, 2.24) is 5.32 Å². The van der Waals surface area contributed by atoms with Gasteiger partial charge in [-0.15, -0.1) is 11.8 Å². The van der Waals surface area contributed by atoms with Crippen LogP contribution in [0.4, 0.5) is 4.79 Å². The van der Waals surface area contributed by atoms with Crippen molar-refractivity contribution in [3.63, 3.8) is 0 Å². The Hall–Kier alpha value is -4.41. The van der Waals surface area contributed by atoms with Crippen molar-refractivity contribution in [2.75, 3.05) is 12.4 Å². The van der Waals surface area contributed by atoms with Crippen molar-refractivity contribution in [2.24, 2.45) is 0 Å². The fourth-order valence-corrected chi connectivity index (χ4v) is 6.17. The molecule has 0 unspecified atom stereocenters. The van der Waals surface area contributed by atoms with Gasteiger partial charge in [-0.2, -0.15) is 0 Å². The second-order valence-electron chi connectivity index (χ2n) is 10.5. The number of hydrogen-bond donors (Lipinski definition) is 3. The summed E-state index contributed by atoms with van der Waals surface area (Å²) >= 11 is 1.46. The lowest BCUT2D eigenvalue weighted by molar-refractivity contribution is -0.245. The first-order valence-electron chi connectivity index (χ1n) is 14.6. The number of ether oxygens (including phenoxy) is 3. The first kappa shape index (κ1) is 32.0. The molecule has 1 amide bonds. The molecule has 1 heterocycles. The molecule has 1 saturated heterocycles. The van der Waals surface area contributed by atoms with Gasteiger partial charge in [0.05, 0.1) is 24.4 Å². The lowest BCUT2D eigenvalue weighted by atomic mass is 9.98. The van der Waals surface area contributed by atoms with Gasteiger partial charge in [-0.3, -0.25) is 0 Å². The minimum absolute atomic E-state index is 0.0370. The van der Waals surface area contributed by atoms with Gasteiger partial charge in [0.25, 0.3) is 0 Å². The molecular weight excluding hydrogens is 590 g/mol. The molecule has 5 rings (SSSR count). The van der Waals surface area contributed by atoms with E-state index in [4.69, 9.17) is 14.2 Å². The van der Waals surface area contributed by atoms with Crippen LogP contribution in [-0.4, -0.2) is 40.7 Å². The van der Waals surface area contributed by atoms with Crippen LogP contribution in [0.15, 0.2) is 115 Å². The van der Waals surface area contributed by atoms with E-state index < -0.39 is 18.4 Å². The summed E-state index contributed by atoms with van der Waals surface area (Å²) in [7, 11) is 0. The molecule has 9 heteroatoms. The number of amides is 1. The van der Waals surface area contributed by atoms with E-state index in [2.05, 4.69) is 11.9 Å². The number of carboxylic acid groups (broad SMARTS) is 1. The number of thioether (sulfide) groups is 1. The highest BCUT2D eigenvalue weighted by Gasteiger charge is 2.32. The number of rotatable bonds is 12. The molecule has 3 atom stereocenters. The standard InChI is InChI=1S/C36H35NO7S/c1-2-19-42-36(41)37-21-28-7-3-4-8-30(28)25-15-17-27(18-16-25)35-43-29(23-45-33-10-6-5-9-31(33)34(39)40)20-32(44-35)26-13-11-24(22-38)12-14-26/h2-18,29,32,35,38H,1,19-23H2,(H,37,41)(H,39,40)/t29-,32+,35+/m1/s1.